The van der Waals surface area contributed by atoms with Gasteiger partial charge < -0.3 is 14.4 Å². The summed E-state index contributed by atoms with van der Waals surface area (Å²) in [7, 11) is 2.69. The van der Waals surface area contributed by atoms with E-state index in [1.165, 1.54) is 14.2 Å². The Labute approximate surface area is 186 Å². The molecule has 6 heteroatoms. The molecule has 0 saturated carbocycles. The van der Waals surface area contributed by atoms with Gasteiger partial charge in [0.2, 0.25) is 0 Å². The van der Waals surface area contributed by atoms with Crippen molar-refractivity contribution >= 4 is 29.1 Å². The van der Waals surface area contributed by atoms with Gasteiger partial charge >= 0.3 is 11.9 Å². The SMILES string of the molecule is COC(=O)C1=C2C(=C(c3ccc(Cl)cc3)CC1C(=O)OC)CCN2Cc1ccccc1. The van der Waals surface area contributed by atoms with Gasteiger partial charge in [0.1, 0.15) is 0 Å². The number of esters is 2. The van der Waals surface area contributed by atoms with Crippen molar-refractivity contribution in [2.24, 2.45) is 5.92 Å². The molecular formula is C25H24ClNO4. The van der Waals surface area contributed by atoms with Crippen molar-refractivity contribution in [3.8, 4) is 0 Å². The van der Waals surface area contributed by atoms with Crippen LogP contribution < -0.4 is 0 Å². The van der Waals surface area contributed by atoms with E-state index in [-0.39, 0.29) is 0 Å². The number of halogens is 1. The molecule has 0 aromatic heterocycles. The van der Waals surface area contributed by atoms with Crippen molar-refractivity contribution in [2.75, 3.05) is 20.8 Å². The molecular weight excluding hydrogens is 414 g/mol. The molecule has 0 bridgehead atoms. The maximum absolute atomic E-state index is 12.9. The summed E-state index contributed by atoms with van der Waals surface area (Å²) in [6.45, 7) is 1.40. The molecule has 31 heavy (non-hydrogen) atoms. The molecule has 1 fully saturated rings. The molecule has 1 atom stereocenters. The van der Waals surface area contributed by atoms with Crippen molar-refractivity contribution in [3.05, 3.63) is 87.6 Å². The zero-order chi connectivity index (χ0) is 22.0. The third-order valence-electron chi connectivity index (χ3n) is 5.91. The number of benzene rings is 2. The van der Waals surface area contributed by atoms with E-state index < -0.39 is 17.9 Å². The molecule has 1 unspecified atom stereocenters. The minimum atomic E-state index is -0.724. The van der Waals surface area contributed by atoms with Crippen molar-refractivity contribution in [1.82, 2.24) is 4.90 Å². The van der Waals surface area contributed by atoms with E-state index in [1.807, 2.05) is 42.5 Å². The summed E-state index contributed by atoms with van der Waals surface area (Å²) in [5.74, 6) is -1.65. The van der Waals surface area contributed by atoms with E-state index in [0.29, 0.717) is 23.6 Å². The number of carbonyl (C=O) groups excluding carboxylic acids is 2. The van der Waals surface area contributed by atoms with Gasteiger partial charge in [-0.15, -0.1) is 0 Å². The Bertz CT molecular complexity index is 1060. The van der Waals surface area contributed by atoms with Gasteiger partial charge in [0.05, 0.1) is 31.4 Å². The zero-order valence-corrected chi connectivity index (χ0v) is 18.3. The number of methoxy groups -OCH3 is 2. The highest BCUT2D eigenvalue weighted by atomic mass is 35.5. The Hall–Kier alpha value is -3.05. The number of fused-ring (bicyclic) bond motifs is 1. The Balaban J connectivity index is 1.88. The summed E-state index contributed by atoms with van der Waals surface area (Å²) in [5.41, 5.74) is 5.44. The lowest BCUT2D eigenvalue weighted by Gasteiger charge is -2.31. The maximum atomic E-state index is 12.9. The van der Waals surface area contributed by atoms with Crippen LogP contribution in [0.2, 0.25) is 5.02 Å². The van der Waals surface area contributed by atoms with Crippen LogP contribution >= 0.6 is 11.6 Å². The van der Waals surface area contributed by atoms with Gasteiger partial charge in [-0.25, -0.2) is 4.79 Å². The second-order valence-corrected chi connectivity index (χ2v) is 8.09. The third kappa shape index (κ3) is 4.10. The van der Waals surface area contributed by atoms with Gasteiger partial charge in [0.15, 0.2) is 0 Å². The van der Waals surface area contributed by atoms with Crippen LogP contribution in [-0.4, -0.2) is 37.6 Å². The van der Waals surface area contributed by atoms with Crippen LogP contribution in [0.4, 0.5) is 0 Å². The van der Waals surface area contributed by atoms with Gasteiger partial charge in [-0.05, 0) is 47.2 Å². The number of hydrogen-bond donors (Lipinski definition) is 0. The molecule has 4 rings (SSSR count). The molecule has 5 nitrogen and oxygen atoms in total. The minimum Gasteiger partial charge on any atom is -0.469 e. The number of carbonyl (C=O) groups is 2. The maximum Gasteiger partial charge on any atom is 0.336 e. The van der Waals surface area contributed by atoms with E-state index in [0.717, 1.165) is 40.9 Å². The highest BCUT2D eigenvalue weighted by molar-refractivity contribution is 6.30. The van der Waals surface area contributed by atoms with Crippen LogP contribution in [0.5, 0.6) is 0 Å². The molecule has 2 aromatic carbocycles. The number of hydrogen-bond acceptors (Lipinski definition) is 5. The van der Waals surface area contributed by atoms with Crippen LogP contribution in [0.1, 0.15) is 24.0 Å². The molecule has 0 N–H and O–H groups in total. The fourth-order valence-corrected chi connectivity index (χ4v) is 4.61. The van der Waals surface area contributed by atoms with Gasteiger partial charge in [-0.1, -0.05) is 54.1 Å². The van der Waals surface area contributed by atoms with Crippen LogP contribution in [0, 0.1) is 5.92 Å². The standard InChI is InChI=1S/C25H24ClNO4/c1-30-24(28)21-14-20(17-8-10-18(26)11-9-17)19-12-13-27(15-16-6-4-3-5-7-16)23(19)22(21)25(29)31-2/h3-11,21H,12-15H2,1-2H3. The fraction of sp³-hybridized carbons (Fsp3) is 0.280. The highest BCUT2D eigenvalue weighted by Crippen LogP contribution is 2.46. The molecule has 160 valence electrons. The number of rotatable bonds is 5. The molecule has 0 amide bonds. The third-order valence-corrected chi connectivity index (χ3v) is 6.16. The zero-order valence-electron chi connectivity index (χ0n) is 17.6. The van der Waals surface area contributed by atoms with Crippen molar-refractivity contribution in [3.63, 3.8) is 0 Å². The summed E-state index contributed by atoms with van der Waals surface area (Å²) >= 11 is 6.09. The minimum absolute atomic E-state index is 0.385. The molecule has 2 aromatic rings. The largest absolute Gasteiger partial charge is 0.469 e. The number of nitrogens with zero attached hydrogens (tertiary/aromatic N) is 1. The monoisotopic (exact) mass is 437 g/mol. The molecule has 0 spiro atoms. The lowest BCUT2D eigenvalue weighted by molar-refractivity contribution is -0.147. The Morgan fingerprint density at radius 3 is 2.35 bits per heavy atom. The van der Waals surface area contributed by atoms with Gasteiger partial charge in [-0.3, -0.25) is 4.79 Å². The normalized spacial score (nSPS) is 18.2. The van der Waals surface area contributed by atoms with E-state index in [4.69, 9.17) is 21.1 Å². The van der Waals surface area contributed by atoms with Gasteiger partial charge in [0, 0.05) is 18.1 Å². The van der Waals surface area contributed by atoms with Gasteiger partial charge in [-0.2, -0.15) is 0 Å². The van der Waals surface area contributed by atoms with Crippen LogP contribution in [0.25, 0.3) is 5.57 Å². The van der Waals surface area contributed by atoms with E-state index >= 15 is 0 Å². The smallest absolute Gasteiger partial charge is 0.336 e. The van der Waals surface area contributed by atoms with Crippen LogP contribution in [-0.2, 0) is 25.6 Å². The highest BCUT2D eigenvalue weighted by Gasteiger charge is 2.42. The Morgan fingerprint density at radius 2 is 1.71 bits per heavy atom. The predicted molar refractivity (Wildman–Crippen MR) is 119 cm³/mol. The Kier molecular flexibility index (Phi) is 6.14. The summed E-state index contributed by atoms with van der Waals surface area (Å²) in [6.07, 6.45) is 1.17. The quantitative estimate of drug-likeness (QED) is 0.639. The summed E-state index contributed by atoms with van der Waals surface area (Å²) in [6, 6.07) is 17.7. The molecule has 1 heterocycles. The van der Waals surface area contributed by atoms with E-state index in [1.54, 1.807) is 0 Å². The first-order valence-electron chi connectivity index (χ1n) is 10.2. The lowest BCUT2D eigenvalue weighted by Crippen LogP contribution is -2.32. The summed E-state index contributed by atoms with van der Waals surface area (Å²) < 4.78 is 10.2. The van der Waals surface area contributed by atoms with Crippen molar-refractivity contribution in [1.29, 1.82) is 0 Å². The van der Waals surface area contributed by atoms with E-state index in [9.17, 15) is 9.59 Å². The molecule has 1 aliphatic carbocycles. The summed E-state index contributed by atoms with van der Waals surface area (Å²) in [5, 5.41) is 0.651. The van der Waals surface area contributed by atoms with Crippen LogP contribution in [0.3, 0.4) is 0 Å². The second kappa shape index (κ2) is 8.98. The van der Waals surface area contributed by atoms with Gasteiger partial charge in [0.25, 0.3) is 0 Å². The first kappa shape index (κ1) is 21.2. The first-order valence-corrected chi connectivity index (χ1v) is 10.6. The molecule has 0 radical (unpaired) electrons. The Morgan fingerprint density at radius 1 is 1.00 bits per heavy atom. The average molecular weight is 438 g/mol. The topological polar surface area (TPSA) is 55.8 Å². The predicted octanol–water partition coefficient (Wildman–Crippen LogP) is 4.62. The fourth-order valence-electron chi connectivity index (χ4n) is 4.49. The van der Waals surface area contributed by atoms with Crippen molar-refractivity contribution < 1.29 is 19.1 Å². The molecule has 1 aliphatic heterocycles. The first-order chi connectivity index (χ1) is 15.0. The summed E-state index contributed by atoms with van der Waals surface area (Å²) in [4.78, 5) is 27.8. The number of allylic oxidation sites excluding steroid dienone is 2. The molecule has 1 saturated heterocycles. The molecule has 2 aliphatic rings. The van der Waals surface area contributed by atoms with Crippen LogP contribution in [0.15, 0.2) is 71.4 Å². The average Bonchev–Trinajstić information content (AvgIpc) is 3.21. The van der Waals surface area contributed by atoms with E-state index in [2.05, 4.69) is 17.0 Å². The number of ether oxygens (including phenoxy) is 2. The second-order valence-electron chi connectivity index (χ2n) is 7.65. The lowest BCUT2D eigenvalue weighted by atomic mass is 9.78. The number of likely N-dealkylation sites (tertiary alicyclic amines) is 1. The van der Waals surface area contributed by atoms with Crippen molar-refractivity contribution in [2.45, 2.75) is 19.4 Å².